The van der Waals surface area contributed by atoms with Gasteiger partial charge in [-0.2, -0.15) is 0 Å². The molecule has 8 nitrogen and oxygen atoms in total. The Morgan fingerprint density at radius 2 is 1.65 bits per heavy atom. The summed E-state index contributed by atoms with van der Waals surface area (Å²) < 4.78 is 4.64. The molecule has 0 bridgehead atoms. The molecule has 0 saturated heterocycles. The normalized spacial score (nSPS) is 11.4. The van der Waals surface area contributed by atoms with Crippen LogP contribution in [0.15, 0.2) is 79.1 Å². The monoisotopic (exact) mass is 530 g/mol. The van der Waals surface area contributed by atoms with E-state index in [9.17, 15) is 0 Å². The van der Waals surface area contributed by atoms with Crippen LogP contribution >= 0.6 is 0 Å². The van der Waals surface area contributed by atoms with Crippen molar-refractivity contribution in [1.82, 2.24) is 39.7 Å². The minimum absolute atomic E-state index is 0.663. The summed E-state index contributed by atoms with van der Waals surface area (Å²) in [7, 11) is 0. The number of aromatic amines is 1. The third-order valence-corrected chi connectivity index (χ3v) is 7.44. The Morgan fingerprint density at radius 1 is 0.850 bits per heavy atom. The van der Waals surface area contributed by atoms with Crippen molar-refractivity contribution in [3.8, 4) is 33.9 Å². The largest absolute Gasteiger partial charge is 0.331 e. The quantitative estimate of drug-likeness (QED) is 0.196. The summed E-state index contributed by atoms with van der Waals surface area (Å²) in [4.78, 5) is 9.76. The minimum atomic E-state index is 0.663. The van der Waals surface area contributed by atoms with Crippen LogP contribution in [0.2, 0.25) is 0 Å². The molecular weight excluding hydrogens is 496 g/mol. The molecule has 0 unspecified atom stereocenters. The van der Waals surface area contributed by atoms with Gasteiger partial charge in [-0.25, -0.2) is 15.1 Å². The molecule has 8 heteroatoms. The lowest BCUT2D eigenvalue weighted by Crippen LogP contribution is -2.06. The number of fused-ring (bicyclic) bond motifs is 1. The van der Waals surface area contributed by atoms with E-state index in [1.807, 2.05) is 24.4 Å². The number of tetrazole rings is 1. The summed E-state index contributed by atoms with van der Waals surface area (Å²) in [5.74, 6) is 2.81. The number of aromatic nitrogens is 8. The number of aryl methyl sites for hydroxylation is 2. The SMILES string of the molecule is CCCCc1nc2ccc(-c3nccn3CCCC)cc2n1Cc1ccc(-c2ccccc2-c2nnn[nH]2)cc1. The van der Waals surface area contributed by atoms with Gasteiger partial charge in [0.05, 0.1) is 11.0 Å². The highest BCUT2D eigenvalue weighted by Crippen LogP contribution is 2.31. The Morgan fingerprint density at radius 3 is 2.42 bits per heavy atom. The van der Waals surface area contributed by atoms with Crippen LogP contribution in [0, 0.1) is 0 Å². The van der Waals surface area contributed by atoms with Gasteiger partial charge in [-0.3, -0.25) is 0 Å². The summed E-state index contributed by atoms with van der Waals surface area (Å²) in [6.07, 6.45) is 9.49. The molecule has 0 aliphatic carbocycles. The molecule has 0 spiro atoms. The third-order valence-electron chi connectivity index (χ3n) is 7.44. The first-order valence-electron chi connectivity index (χ1n) is 14.2. The van der Waals surface area contributed by atoms with E-state index in [4.69, 9.17) is 9.97 Å². The Hall–Kier alpha value is -4.59. The summed E-state index contributed by atoms with van der Waals surface area (Å²) in [6, 6.07) is 23.5. The summed E-state index contributed by atoms with van der Waals surface area (Å²) in [6.45, 7) is 6.19. The Bertz CT molecular complexity index is 1690. The predicted molar refractivity (Wildman–Crippen MR) is 159 cm³/mol. The lowest BCUT2D eigenvalue weighted by atomic mass is 9.98. The number of nitrogens with zero attached hydrogens (tertiary/aromatic N) is 7. The van der Waals surface area contributed by atoms with Crippen molar-refractivity contribution in [2.75, 3.05) is 0 Å². The van der Waals surface area contributed by atoms with Gasteiger partial charge in [-0.1, -0.05) is 75.2 Å². The van der Waals surface area contributed by atoms with Gasteiger partial charge >= 0.3 is 0 Å². The van der Waals surface area contributed by atoms with Crippen molar-refractivity contribution in [3.05, 3.63) is 90.5 Å². The Balaban J connectivity index is 1.34. The third kappa shape index (κ3) is 5.17. The van der Waals surface area contributed by atoms with Gasteiger partial charge in [0.2, 0.25) is 0 Å². The van der Waals surface area contributed by atoms with Crippen LogP contribution in [-0.2, 0) is 19.5 Å². The maximum Gasteiger partial charge on any atom is 0.180 e. The highest BCUT2D eigenvalue weighted by molar-refractivity contribution is 5.82. The maximum absolute atomic E-state index is 5.06. The van der Waals surface area contributed by atoms with Crippen LogP contribution in [0.25, 0.3) is 44.9 Å². The van der Waals surface area contributed by atoms with Crippen LogP contribution in [0.3, 0.4) is 0 Å². The lowest BCUT2D eigenvalue weighted by Gasteiger charge is -2.12. The van der Waals surface area contributed by atoms with Gasteiger partial charge in [0.15, 0.2) is 5.82 Å². The minimum Gasteiger partial charge on any atom is -0.331 e. The van der Waals surface area contributed by atoms with Crippen LogP contribution in [-0.4, -0.2) is 39.7 Å². The van der Waals surface area contributed by atoms with Crippen molar-refractivity contribution in [2.45, 2.75) is 59.0 Å². The average molecular weight is 531 g/mol. The molecule has 3 aromatic carbocycles. The second-order valence-electron chi connectivity index (χ2n) is 10.2. The van der Waals surface area contributed by atoms with E-state index in [1.165, 1.54) is 5.56 Å². The van der Waals surface area contributed by atoms with Crippen LogP contribution in [0.4, 0.5) is 0 Å². The van der Waals surface area contributed by atoms with Crippen LogP contribution < -0.4 is 0 Å². The van der Waals surface area contributed by atoms with Gasteiger partial charge in [0.25, 0.3) is 0 Å². The van der Waals surface area contributed by atoms with Crippen molar-refractivity contribution in [2.24, 2.45) is 0 Å². The average Bonchev–Trinajstić information content (AvgIpc) is 3.76. The Kier molecular flexibility index (Phi) is 7.48. The van der Waals surface area contributed by atoms with E-state index < -0.39 is 0 Å². The number of unbranched alkanes of at least 4 members (excludes halogenated alkanes) is 2. The van der Waals surface area contributed by atoms with E-state index in [1.54, 1.807) is 0 Å². The van der Waals surface area contributed by atoms with E-state index in [2.05, 4.69) is 98.3 Å². The molecule has 0 amide bonds. The van der Waals surface area contributed by atoms with Crippen LogP contribution in [0.5, 0.6) is 0 Å². The fourth-order valence-electron chi connectivity index (χ4n) is 5.28. The van der Waals surface area contributed by atoms with Gasteiger partial charge in [-0.15, -0.1) is 5.10 Å². The zero-order valence-corrected chi connectivity index (χ0v) is 23.1. The molecule has 202 valence electrons. The molecule has 0 aliphatic heterocycles. The van der Waals surface area contributed by atoms with Gasteiger partial charge in [0, 0.05) is 43.0 Å². The first-order chi connectivity index (χ1) is 19.7. The van der Waals surface area contributed by atoms with Crippen molar-refractivity contribution >= 4 is 11.0 Å². The van der Waals surface area contributed by atoms with E-state index in [-0.39, 0.29) is 0 Å². The Labute approximate surface area is 234 Å². The molecule has 6 rings (SSSR count). The summed E-state index contributed by atoms with van der Waals surface area (Å²) >= 11 is 0. The molecule has 0 fully saturated rings. The van der Waals surface area contributed by atoms with Crippen molar-refractivity contribution < 1.29 is 0 Å². The van der Waals surface area contributed by atoms with Crippen molar-refractivity contribution in [1.29, 1.82) is 0 Å². The standard InChI is InChI=1S/C32H34N8/c1-3-5-11-30-34-28-17-16-25(32-33-18-20-39(32)19-6-4-2)21-29(28)40(30)22-23-12-14-24(15-13-23)26-9-7-8-10-27(26)31-35-37-38-36-31/h7-10,12-18,20-21H,3-6,11,19,22H2,1-2H3,(H,35,36,37,38). The first-order valence-corrected chi connectivity index (χ1v) is 14.2. The topological polar surface area (TPSA) is 90.1 Å². The molecule has 0 atom stereocenters. The number of hydrogen-bond acceptors (Lipinski definition) is 5. The second kappa shape index (κ2) is 11.7. The first kappa shape index (κ1) is 25.7. The van der Waals surface area contributed by atoms with Gasteiger partial charge in [0.1, 0.15) is 11.6 Å². The molecular formula is C32H34N8. The second-order valence-corrected chi connectivity index (χ2v) is 10.2. The molecule has 40 heavy (non-hydrogen) atoms. The molecule has 1 N–H and O–H groups in total. The predicted octanol–water partition coefficient (Wildman–Crippen LogP) is 6.94. The fourth-order valence-corrected chi connectivity index (χ4v) is 5.28. The smallest absolute Gasteiger partial charge is 0.180 e. The molecule has 0 saturated carbocycles. The van der Waals surface area contributed by atoms with E-state index in [0.29, 0.717) is 5.82 Å². The van der Waals surface area contributed by atoms with Crippen LogP contribution in [0.1, 0.15) is 50.9 Å². The summed E-state index contributed by atoms with van der Waals surface area (Å²) in [5.41, 5.74) is 7.74. The van der Waals surface area contributed by atoms with E-state index >= 15 is 0 Å². The highest BCUT2D eigenvalue weighted by atomic mass is 15.5. The van der Waals surface area contributed by atoms with Crippen molar-refractivity contribution in [3.63, 3.8) is 0 Å². The number of H-pyrrole nitrogens is 1. The fraction of sp³-hybridized carbons (Fsp3) is 0.281. The zero-order valence-electron chi connectivity index (χ0n) is 23.1. The van der Waals surface area contributed by atoms with Gasteiger partial charge < -0.3 is 9.13 Å². The number of imidazole rings is 2. The molecule has 3 heterocycles. The zero-order chi connectivity index (χ0) is 27.3. The molecule has 6 aromatic rings. The number of hydrogen-bond donors (Lipinski definition) is 1. The number of benzene rings is 3. The molecule has 3 aromatic heterocycles. The number of rotatable bonds is 11. The summed E-state index contributed by atoms with van der Waals surface area (Å²) in [5, 5.41) is 14.5. The maximum atomic E-state index is 5.06. The number of nitrogens with one attached hydrogen (secondary N) is 1. The van der Waals surface area contributed by atoms with Gasteiger partial charge in [-0.05, 0) is 58.2 Å². The molecule has 0 aliphatic rings. The molecule has 0 radical (unpaired) electrons. The highest BCUT2D eigenvalue weighted by Gasteiger charge is 2.15. The van der Waals surface area contributed by atoms with E-state index in [0.717, 1.165) is 90.1 Å². The lowest BCUT2D eigenvalue weighted by molar-refractivity contribution is 0.637.